The zero-order valence-electron chi connectivity index (χ0n) is 20.0. The standard InChI is InChI=1S/C25H28N2O8/c1-15-21(24(29)34-12-11-31-2)22(27-25(30)26-15)18-9-10-19(20(13-18)32-3)35-14-16-5-7-17(8-6-16)23(28)33-4/h5-10,13,22H,11-12,14H2,1-4H3,(H2,26,27,30). The summed E-state index contributed by atoms with van der Waals surface area (Å²) in [4.78, 5) is 36.5. The summed E-state index contributed by atoms with van der Waals surface area (Å²) in [5.41, 5.74) is 2.58. The summed E-state index contributed by atoms with van der Waals surface area (Å²) < 4.78 is 26.3. The van der Waals surface area contributed by atoms with Crippen molar-refractivity contribution in [3.05, 3.63) is 70.4 Å². The number of hydrogen-bond acceptors (Lipinski definition) is 8. The molecule has 0 spiro atoms. The number of carbonyl (C=O) groups is 3. The van der Waals surface area contributed by atoms with E-state index in [0.29, 0.717) is 28.3 Å². The van der Waals surface area contributed by atoms with Crippen molar-refractivity contribution in [1.82, 2.24) is 10.6 Å². The Labute approximate surface area is 203 Å². The number of hydrogen-bond donors (Lipinski definition) is 2. The summed E-state index contributed by atoms with van der Waals surface area (Å²) >= 11 is 0. The molecule has 0 radical (unpaired) electrons. The first-order chi connectivity index (χ1) is 16.9. The highest BCUT2D eigenvalue weighted by molar-refractivity contribution is 5.95. The number of esters is 2. The zero-order valence-corrected chi connectivity index (χ0v) is 20.0. The Bertz CT molecular complexity index is 1110. The molecule has 2 N–H and O–H groups in total. The zero-order chi connectivity index (χ0) is 25.4. The number of methoxy groups -OCH3 is 3. The van der Waals surface area contributed by atoms with E-state index in [4.69, 9.17) is 23.7 Å². The SMILES string of the molecule is COCCOC(=O)C1=C(C)NC(=O)NC1c1ccc(OCc2ccc(C(=O)OC)cc2)c(OC)c1. The van der Waals surface area contributed by atoms with Gasteiger partial charge in [0.15, 0.2) is 11.5 Å². The summed E-state index contributed by atoms with van der Waals surface area (Å²) in [6, 6.07) is 10.8. The van der Waals surface area contributed by atoms with E-state index in [2.05, 4.69) is 10.6 Å². The van der Waals surface area contributed by atoms with Crippen molar-refractivity contribution in [3.63, 3.8) is 0 Å². The van der Waals surface area contributed by atoms with Crippen LogP contribution in [0.4, 0.5) is 4.79 Å². The van der Waals surface area contributed by atoms with Crippen LogP contribution >= 0.6 is 0 Å². The van der Waals surface area contributed by atoms with Crippen molar-refractivity contribution in [1.29, 1.82) is 0 Å². The summed E-state index contributed by atoms with van der Waals surface area (Å²) in [6.45, 7) is 2.22. The van der Waals surface area contributed by atoms with Crippen LogP contribution in [0, 0.1) is 0 Å². The molecule has 35 heavy (non-hydrogen) atoms. The van der Waals surface area contributed by atoms with Crippen molar-refractivity contribution >= 4 is 18.0 Å². The Balaban J connectivity index is 1.79. The fourth-order valence-corrected chi connectivity index (χ4v) is 3.51. The third-order valence-electron chi connectivity index (χ3n) is 5.30. The molecule has 0 aromatic heterocycles. The number of rotatable bonds is 10. The second kappa shape index (κ2) is 11.9. The van der Waals surface area contributed by atoms with Gasteiger partial charge in [-0.05, 0) is 42.3 Å². The average Bonchev–Trinajstić information content (AvgIpc) is 2.86. The molecule has 2 amide bonds. The maximum Gasteiger partial charge on any atom is 0.338 e. The second-order valence-corrected chi connectivity index (χ2v) is 7.59. The third-order valence-corrected chi connectivity index (χ3v) is 5.30. The van der Waals surface area contributed by atoms with Crippen LogP contribution in [0.2, 0.25) is 0 Å². The molecule has 1 unspecified atom stereocenters. The number of nitrogens with one attached hydrogen (secondary N) is 2. The molecule has 0 saturated heterocycles. The van der Waals surface area contributed by atoms with Crippen LogP contribution in [-0.2, 0) is 25.6 Å². The molecule has 2 aromatic rings. The summed E-state index contributed by atoms with van der Waals surface area (Å²) in [7, 11) is 4.34. The van der Waals surface area contributed by atoms with Gasteiger partial charge in [0, 0.05) is 12.8 Å². The van der Waals surface area contributed by atoms with Gasteiger partial charge in [0.1, 0.15) is 13.2 Å². The second-order valence-electron chi connectivity index (χ2n) is 7.59. The molecule has 186 valence electrons. The lowest BCUT2D eigenvalue weighted by molar-refractivity contribution is -0.140. The van der Waals surface area contributed by atoms with Crippen LogP contribution in [0.25, 0.3) is 0 Å². The molecule has 0 fully saturated rings. The quantitative estimate of drug-likeness (QED) is 0.390. The van der Waals surface area contributed by atoms with Gasteiger partial charge >= 0.3 is 18.0 Å². The minimum Gasteiger partial charge on any atom is -0.493 e. The van der Waals surface area contributed by atoms with E-state index < -0.39 is 24.0 Å². The fourth-order valence-electron chi connectivity index (χ4n) is 3.51. The van der Waals surface area contributed by atoms with Crippen molar-refractivity contribution in [2.24, 2.45) is 0 Å². The predicted molar refractivity (Wildman–Crippen MR) is 125 cm³/mol. The maximum absolute atomic E-state index is 12.7. The van der Waals surface area contributed by atoms with Gasteiger partial charge in [-0.1, -0.05) is 18.2 Å². The highest BCUT2D eigenvalue weighted by Gasteiger charge is 2.32. The highest BCUT2D eigenvalue weighted by Crippen LogP contribution is 2.35. The monoisotopic (exact) mass is 484 g/mol. The summed E-state index contributed by atoms with van der Waals surface area (Å²) in [6.07, 6.45) is 0. The van der Waals surface area contributed by atoms with Gasteiger partial charge in [0.25, 0.3) is 0 Å². The molecule has 10 nitrogen and oxygen atoms in total. The van der Waals surface area contributed by atoms with Crippen LogP contribution in [-0.4, -0.2) is 52.5 Å². The van der Waals surface area contributed by atoms with Crippen LogP contribution in [0.15, 0.2) is 53.7 Å². The predicted octanol–water partition coefficient (Wildman–Crippen LogP) is 2.88. The lowest BCUT2D eigenvalue weighted by Crippen LogP contribution is -2.45. The number of benzene rings is 2. The maximum atomic E-state index is 12.7. The first-order valence-corrected chi connectivity index (χ1v) is 10.8. The number of allylic oxidation sites excluding steroid dienone is 1. The Morgan fingerprint density at radius 2 is 1.69 bits per heavy atom. The van der Waals surface area contributed by atoms with E-state index in [1.54, 1.807) is 49.4 Å². The van der Waals surface area contributed by atoms with Crippen LogP contribution in [0.1, 0.15) is 34.5 Å². The van der Waals surface area contributed by atoms with Gasteiger partial charge in [0.05, 0.1) is 38.0 Å². The fraction of sp³-hybridized carbons (Fsp3) is 0.320. The van der Waals surface area contributed by atoms with Gasteiger partial charge in [0.2, 0.25) is 0 Å². The molecule has 1 heterocycles. The molecule has 1 aliphatic heterocycles. The van der Waals surface area contributed by atoms with E-state index in [-0.39, 0.29) is 25.4 Å². The largest absolute Gasteiger partial charge is 0.493 e. The summed E-state index contributed by atoms with van der Waals surface area (Å²) in [5, 5.41) is 5.36. The molecule has 2 aromatic carbocycles. The van der Waals surface area contributed by atoms with E-state index in [1.165, 1.54) is 21.3 Å². The Hall–Kier alpha value is -4.05. The average molecular weight is 485 g/mol. The van der Waals surface area contributed by atoms with Gasteiger partial charge in [-0.2, -0.15) is 0 Å². The van der Waals surface area contributed by atoms with Crippen molar-refractivity contribution < 1.29 is 38.1 Å². The first-order valence-electron chi connectivity index (χ1n) is 10.8. The number of amides is 2. The minimum atomic E-state index is -0.743. The molecule has 3 rings (SSSR count). The Morgan fingerprint density at radius 3 is 2.34 bits per heavy atom. The van der Waals surface area contributed by atoms with E-state index in [9.17, 15) is 14.4 Å². The van der Waals surface area contributed by atoms with E-state index in [1.807, 2.05) is 0 Å². The normalized spacial score (nSPS) is 15.1. The Morgan fingerprint density at radius 1 is 0.943 bits per heavy atom. The van der Waals surface area contributed by atoms with Crippen LogP contribution < -0.4 is 20.1 Å². The Kier molecular flexibility index (Phi) is 8.69. The molecule has 0 bridgehead atoms. The van der Waals surface area contributed by atoms with Gasteiger partial charge in [-0.25, -0.2) is 14.4 Å². The smallest absolute Gasteiger partial charge is 0.338 e. The number of urea groups is 1. The first kappa shape index (κ1) is 25.6. The topological polar surface area (TPSA) is 121 Å². The lowest BCUT2D eigenvalue weighted by atomic mass is 9.95. The molecule has 1 atom stereocenters. The number of carbonyl (C=O) groups excluding carboxylic acids is 3. The molecular weight excluding hydrogens is 456 g/mol. The lowest BCUT2D eigenvalue weighted by Gasteiger charge is -2.28. The molecular formula is C25H28N2O8. The molecule has 0 aliphatic carbocycles. The summed E-state index contributed by atoms with van der Waals surface area (Å²) in [5.74, 6) is -0.0811. The van der Waals surface area contributed by atoms with Crippen LogP contribution in [0.3, 0.4) is 0 Å². The van der Waals surface area contributed by atoms with Gasteiger partial charge < -0.3 is 34.3 Å². The minimum absolute atomic E-state index is 0.0868. The van der Waals surface area contributed by atoms with Gasteiger partial charge in [-0.3, -0.25) is 0 Å². The third kappa shape index (κ3) is 6.30. The molecule has 0 saturated carbocycles. The van der Waals surface area contributed by atoms with E-state index >= 15 is 0 Å². The molecule has 10 heteroatoms. The highest BCUT2D eigenvalue weighted by atomic mass is 16.6. The number of ether oxygens (including phenoxy) is 5. The van der Waals surface area contributed by atoms with Crippen molar-refractivity contribution in [2.75, 3.05) is 34.5 Å². The van der Waals surface area contributed by atoms with E-state index in [0.717, 1.165) is 5.56 Å². The molecule has 1 aliphatic rings. The van der Waals surface area contributed by atoms with Crippen molar-refractivity contribution in [3.8, 4) is 11.5 Å². The van der Waals surface area contributed by atoms with Gasteiger partial charge in [-0.15, -0.1) is 0 Å². The van der Waals surface area contributed by atoms with Crippen LogP contribution in [0.5, 0.6) is 11.5 Å². The van der Waals surface area contributed by atoms with Crippen molar-refractivity contribution in [2.45, 2.75) is 19.6 Å².